The van der Waals surface area contributed by atoms with E-state index >= 15 is 0 Å². The van der Waals surface area contributed by atoms with Crippen molar-refractivity contribution in [1.29, 1.82) is 0 Å². The molecule has 3 rings (SSSR count). The molecular formula is C21H22F2N4O2. The van der Waals surface area contributed by atoms with Gasteiger partial charge in [0.1, 0.15) is 12.4 Å². The molecule has 0 aliphatic rings. The van der Waals surface area contributed by atoms with Gasteiger partial charge in [0.25, 0.3) is 0 Å². The van der Waals surface area contributed by atoms with Crippen LogP contribution in [0.25, 0.3) is 0 Å². The zero-order valence-corrected chi connectivity index (χ0v) is 16.7. The highest BCUT2D eigenvalue weighted by molar-refractivity contribution is 5.61. The predicted molar refractivity (Wildman–Crippen MR) is 108 cm³/mol. The van der Waals surface area contributed by atoms with Gasteiger partial charge in [0.2, 0.25) is 5.95 Å². The molecule has 0 fully saturated rings. The van der Waals surface area contributed by atoms with Gasteiger partial charge < -0.3 is 19.7 Å². The van der Waals surface area contributed by atoms with Gasteiger partial charge in [-0.15, -0.1) is 0 Å². The highest BCUT2D eigenvalue weighted by atomic mass is 19.1. The van der Waals surface area contributed by atoms with Gasteiger partial charge in [0, 0.05) is 25.5 Å². The molecule has 0 atom stereocenters. The van der Waals surface area contributed by atoms with Crippen LogP contribution < -0.4 is 19.7 Å². The molecule has 0 saturated carbocycles. The number of nitrogens with one attached hydrogen (secondary N) is 1. The van der Waals surface area contributed by atoms with Crippen molar-refractivity contribution in [2.75, 3.05) is 31.4 Å². The fourth-order valence-electron chi connectivity index (χ4n) is 2.68. The smallest absolute Gasteiger partial charge is 0.227 e. The highest BCUT2D eigenvalue weighted by Crippen LogP contribution is 2.27. The van der Waals surface area contributed by atoms with E-state index in [1.54, 1.807) is 0 Å². The second-order valence-electron chi connectivity index (χ2n) is 6.60. The Hall–Kier alpha value is -3.42. The fraction of sp³-hybridized carbons (Fsp3) is 0.238. The number of rotatable bonds is 7. The summed E-state index contributed by atoms with van der Waals surface area (Å²) in [7, 11) is 5.24. The van der Waals surface area contributed by atoms with E-state index in [1.165, 1.54) is 32.5 Å². The number of halogens is 2. The van der Waals surface area contributed by atoms with E-state index in [0.29, 0.717) is 5.95 Å². The van der Waals surface area contributed by atoms with Crippen molar-refractivity contribution in [3.8, 4) is 11.5 Å². The Labute approximate surface area is 168 Å². The molecule has 0 aliphatic carbocycles. The minimum absolute atomic E-state index is 0.0294. The number of hydrogen-bond donors (Lipinski definition) is 1. The number of nitrogens with zero attached hydrogens (tertiary/aromatic N) is 3. The third-order valence-electron chi connectivity index (χ3n) is 4.29. The van der Waals surface area contributed by atoms with E-state index in [4.69, 9.17) is 9.47 Å². The average Bonchev–Trinajstić information content (AvgIpc) is 2.72. The summed E-state index contributed by atoms with van der Waals surface area (Å²) >= 11 is 0. The van der Waals surface area contributed by atoms with Gasteiger partial charge in [-0.05, 0) is 36.8 Å². The molecular weight excluding hydrogens is 378 g/mol. The van der Waals surface area contributed by atoms with Crippen LogP contribution in [0.3, 0.4) is 0 Å². The van der Waals surface area contributed by atoms with Crippen LogP contribution in [0.4, 0.5) is 26.1 Å². The molecule has 0 amide bonds. The standard InChI is InChI=1S/C21H22F2N4O2/c1-13-8-18(28-4)20(23)17(19(13)22)12-29-16-10-24-21(25-11-16)26-14-6-5-7-15(9-14)27(2)3/h5-11H,12H2,1-4H3,(H,24,25,26). The van der Waals surface area contributed by atoms with Crippen LogP contribution in [0.15, 0.2) is 42.7 Å². The maximum absolute atomic E-state index is 14.3. The largest absolute Gasteiger partial charge is 0.494 e. The summed E-state index contributed by atoms with van der Waals surface area (Å²) in [6.07, 6.45) is 2.88. The monoisotopic (exact) mass is 400 g/mol. The zero-order chi connectivity index (χ0) is 21.0. The van der Waals surface area contributed by atoms with Gasteiger partial charge >= 0.3 is 0 Å². The van der Waals surface area contributed by atoms with Crippen molar-refractivity contribution in [3.63, 3.8) is 0 Å². The number of aryl methyl sites for hydroxylation is 1. The lowest BCUT2D eigenvalue weighted by molar-refractivity contribution is 0.285. The molecule has 1 heterocycles. The Morgan fingerprint density at radius 1 is 1.07 bits per heavy atom. The zero-order valence-electron chi connectivity index (χ0n) is 16.7. The summed E-state index contributed by atoms with van der Waals surface area (Å²) in [6.45, 7) is 1.23. The molecule has 1 aromatic heterocycles. The number of benzene rings is 2. The van der Waals surface area contributed by atoms with Gasteiger partial charge in [0.05, 0.1) is 25.1 Å². The lowest BCUT2D eigenvalue weighted by atomic mass is 10.1. The van der Waals surface area contributed by atoms with Crippen LogP contribution in [-0.2, 0) is 6.61 Å². The van der Waals surface area contributed by atoms with Crippen molar-refractivity contribution in [1.82, 2.24) is 9.97 Å². The van der Waals surface area contributed by atoms with E-state index < -0.39 is 11.6 Å². The molecule has 0 spiro atoms. The third kappa shape index (κ3) is 4.71. The van der Waals surface area contributed by atoms with Crippen molar-refractivity contribution >= 4 is 17.3 Å². The molecule has 152 valence electrons. The topological polar surface area (TPSA) is 59.5 Å². The molecule has 0 aliphatic heterocycles. The highest BCUT2D eigenvalue weighted by Gasteiger charge is 2.18. The number of anilines is 3. The molecule has 0 saturated heterocycles. The normalized spacial score (nSPS) is 10.6. The third-order valence-corrected chi connectivity index (χ3v) is 4.29. The number of aromatic nitrogens is 2. The average molecular weight is 400 g/mol. The van der Waals surface area contributed by atoms with Gasteiger partial charge in [-0.25, -0.2) is 18.7 Å². The molecule has 0 bridgehead atoms. The van der Waals surface area contributed by atoms with Gasteiger partial charge in [-0.3, -0.25) is 0 Å². The summed E-state index contributed by atoms with van der Waals surface area (Å²) in [6, 6.07) is 9.08. The van der Waals surface area contributed by atoms with E-state index in [2.05, 4.69) is 15.3 Å². The summed E-state index contributed by atoms with van der Waals surface area (Å²) in [5, 5.41) is 3.10. The summed E-state index contributed by atoms with van der Waals surface area (Å²) in [4.78, 5) is 10.4. The molecule has 3 aromatic rings. The van der Waals surface area contributed by atoms with Crippen molar-refractivity contribution in [2.45, 2.75) is 13.5 Å². The first kappa shape index (κ1) is 20.3. The maximum Gasteiger partial charge on any atom is 0.227 e. The van der Waals surface area contributed by atoms with E-state index in [-0.39, 0.29) is 29.2 Å². The second kappa shape index (κ2) is 8.72. The molecule has 8 heteroatoms. The van der Waals surface area contributed by atoms with Crippen LogP contribution >= 0.6 is 0 Å². The quantitative estimate of drug-likeness (QED) is 0.632. The first-order chi connectivity index (χ1) is 13.9. The van der Waals surface area contributed by atoms with E-state index in [9.17, 15) is 8.78 Å². The Morgan fingerprint density at radius 3 is 2.45 bits per heavy atom. The van der Waals surface area contributed by atoms with E-state index in [1.807, 2.05) is 43.3 Å². The Balaban J connectivity index is 1.69. The number of hydrogen-bond acceptors (Lipinski definition) is 6. The lowest BCUT2D eigenvalue weighted by Crippen LogP contribution is -2.08. The maximum atomic E-state index is 14.3. The van der Waals surface area contributed by atoms with Crippen LogP contribution in [0, 0.1) is 18.6 Å². The molecule has 6 nitrogen and oxygen atoms in total. The predicted octanol–water partition coefficient (Wildman–Crippen LogP) is 4.46. The van der Waals surface area contributed by atoms with E-state index in [0.717, 1.165) is 11.4 Å². The molecule has 1 N–H and O–H groups in total. The first-order valence-corrected chi connectivity index (χ1v) is 8.89. The first-order valence-electron chi connectivity index (χ1n) is 8.89. The van der Waals surface area contributed by atoms with Crippen molar-refractivity contribution in [2.24, 2.45) is 0 Å². The summed E-state index contributed by atoms with van der Waals surface area (Å²) in [5.41, 5.74) is 1.94. The van der Waals surface area contributed by atoms with Gasteiger partial charge in [0.15, 0.2) is 17.3 Å². The molecule has 0 unspecified atom stereocenters. The second-order valence-corrected chi connectivity index (χ2v) is 6.60. The number of methoxy groups -OCH3 is 1. The summed E-state index contributed by atoms with van der Waals surface area (Å²) < 4.78 is 39.0. The van der Waals surface area contributed by atoms with Gasteiger partial charge in [-0.1, -0.05) is 6.07 Å². The molecule has 29 heavy (non-hydrogen) atoms. The van der Waals surface area contributed by atoms with Crippen LogP contribution in [0.1, 0.15) is 11.1 Å². The Morgan fingerprint density at radius 2 is 1.79 bits per heavy atom. The van der Waals surface area contributed by atoms with Crippen LogP contribution in [0.5, 0.6) is 11.5 Å². The number of ether oxygens (including phenoxy) is 2. The summed E-state index contributed by atoms with van der Waals surface area (Å²) in [5.74, 6) is -0.809. The minimum Gasteiger partial charge on any atom is -0.494 e. The lowest BCUT2D eigenvalue weighted by Gasteiger charge is -2.14. The minimum atomic E-state index is -0.782. The molecule has 2 aromatic carbocycles. The van der Waals surface area contributed by atoms with Crippen molar-refractivity contribution in [3.05, 3.63) is 65.5 Å². The van der Waals surface area contributed by atoms with Crippen LogP contribution in [0.2, 0.25) is 0 Å². The van der Waals surface area contributed by atoms with Gasteiger partial charge in [-0.2, -0.15) is 0 Å². The Kier molecular flexibility index (Phi) is 6.11. The fourth-order valence-corrected chi connectivity index (χ4v) is 2.68. The SMILES string of the molecule is COc1cc(C)c(F)c(COc2cnc(Nc3cccc(N(C)C)c3)nc2)c1F. The molecule has 0 radical (unpaired) electrons. The van der Waals surface area contributed by atoms with Crippen LogP contribution in [-0.4, -0.2) is 31.2 Å². The van der Waals surface area contributed by atoms with Crippen molar-refractivity contribution < 1.29 is 18.3 Å². The Bertz CT molecular complexity index is 995.